The van der Waals surface area contributed by atoms with Crippen LogP contribution in [0.3, 0.4) is 0 Å². The average molecular weight is 421 g/mol. The van der Waals surface area contributed by atoms with Crippen molar-refractivity contribution in [2.24, 2.45) is 0 Å². The van der Waals surface area contributed by atoms with E-state index in [-0.39, 0.29) is 15.5 Å². The van der Waals surface area contributed by atoms with Crippen LogP contribution in [0.5, 0.6) is 0 Å². The molecule has 150 valence electrons. The zero-order chi connectivity index (χ0) is 20.1. The molecule has 0 unspecified atom stereocenters. The van der Waals surface area contributed by atoms with Crippen LogP contribution in [-0.4, -0.2) is 38.4 Å². The zero-order valence-corrected chi connectivity index (χ0v) is 17.4. The van der Waals surface area contributed by atoms with Crippen molar-refractivity contribution in [1.29, 1.82) is 0 Å². The third kappa shape index (κ3) is 4.92. The molecule has 2 heterocycles. The van der Waals surface area contributed by atoms with Crippen molar-refractivity contribution in [3.05, 3.63) is 59.1 Å². The van der Waals surface area contributed by atoms with Gasteiger partial charge in [-0.2, -0.15) is 0 Å². The second kappa shape index (κ2) is 8.76. The number of hydrogen-bond donors (Lipinski definition) is 3. The number of thiophene rings is 1. The van der Waals surface area contributed by atoms with Gasteiger partial charge in [0.05, 0.1) is 11.3 Å². The first-order valence-electron chi connectivity index (χ1n) is 9.01. The van der Waals surface area contributed by atoms with Crippen molar-refractivity contribution < 1.29 is 13.2 Å². The van der Waals surface area contributed by atoms with Gasteiger partial charge in [-0.25, -0.2) is 8.42 Å². The summed E-state index contributed by atoms with van der Waals surface area (Å²) < 4.78 is 27.6. The molecule has 28 heavy (non-hydrogen) atoms. The van der Waals surface area contributed by atoms with Crippen molar-refractivity contribution >= 4 is 33.0 Å². The van der Waals surface area contributed by atoms with E-state index in [1.54, 1.807) is 35.7 Å². The fourth-order valence-corrected chi connectivity index (χ4v) is 4.93. The number of nitrogens with zero attached hydrogens (tertiary/aromatic N) is 1. The van der Waals surface area contributed by atoms with Crippen LogP contribution in [0.2, 0.25) is 0 Å². The molecular weight excluding hydrogens is 396 g/mol. The number of sulfonamides is 1. The second-order valence-electron chi connectivity index (χ2n) is 6.73. The smallest absolute Gasteiger partial charge is 0.271 e. The van der Waals surface area contributed by atoms with E-state index in [1.165, 1.54) is 6.07 Å². The molecule has 1 aromatic heterocycles. The molecule has 3 rings (SSSR count). The summed E-state index contributed by atoms with van der Waals surface area (Å²) in [4.78, 5) is 14.9. The predicted molar refractivity (Wildman–Crippen MR) is 112 cm³/mol. The predicted octanol–water partition coefficient (Wildman–Crippen LogP) is 2.78. The topological polar surface area (TPSA) is 90.5 Å². The van der Waals surface area contributed by atoms with E-state index in [4.69, 9.17) is 0 Å². The van der Waals surface area contributed by atoms with Gasteiger partial charge in [0.2, 0.25) is 0 Å². The minimum atomic E-state index is -3.72. The SMILES string of the molecule is CC(C)N1CC=C(NNC(=O)c2ccccc2NS(=O)(=O)c2cccs2)CC1. The Balaban J connectivity index is 1.67. The lowest BCUT2D eigenvalue weighted by Gasteiger charge is -2.29. The van der Waals surface area contributed by atoms with E-state index in [0.29, 0.717) is 6.04 Å². The summed E-state index contributed by atoms with van der Waals surface area (Å²) in [6.07, 6.45) is 2.86. The van der Waals surface area contributed by atoms with Gasteiger partial charge in [-0.3, -0.25) is 19.8 Å². The number of anilines is 1. The highest BCUT2D eigenvalue weighted by Crippen LogP contribution is 2.22. The minimum absolute atomic E-state index is 0.197. The molecule has 0 atom stereocenters. The highest BCUT2D eigenvalue weighted by molar-refractivity contribution is 7.94. The number of para-hydroxylation sites is 1. The Morgan fingerprint density at radius 2 is 1.96 bits per heavy atom. The van der Waals surface area contributed by atoms with E-state index in [9.17, 15) is 13.2 Å². The largest absolute Gasteiger partial charge is 0.303 e. The van der Waals surface area contributed by atoms with Gasteiger partial charge in [0.15, 0.2) is 0 Å². The standard InChI is InChI=1S/C19H24N4O3S2/c1-14(2)23-11-9-15(10-12-23)20-21-19(24)16-6-3-4-7-17(16)22-28(25,26)18-8-5-13-27-18/h3-9,13-14,20,22H,10-12H2,1-2H3,(H,21,24). The van der Waals surface area contributed by atoms with E-state index in [1.807, 2.05) is 0 Å². The van der Waals surface area contributed by atoms with E-state index >= 15 is 0 Å². The van der Waals surface area contributed by atoms with Gasteiger partial charge in [-0.1, -0.05) is 18.2 Å². The third-order valence-electron chi connectivity index (χ3n) is 4.48. The van der Waals surface area contributed by atoms with Gasteiger partial charge in [-0.15, -0.1) is 11.3 Å². The van der Waals surface area contributed by atoms with Crippen LogP contribution < -0.4 is 15.6 Å². The molecule has 0 spiro atoms. The summed E-state index contributed by atoms with van der Waals surface area (Å²) in [5, 5.41) is 1.69. The first-order valence-corrected chi connectivity index (χ1v) is 11.4. The Morgan fingerprint density at radius 1 is 1.18 bits per heavy atom. The number of carbonyl (C=O) groups is 1. The van der Waals surface area contributed by atoms with Gasteiger partial charge >= 0.3 is 0 Å². The van der Waals surface area contributed by atoms with Gasteiger partial charge < -0.3 is 5.43 Å². The molecule has 3 N–H and O–H groups in total. The Kier molecular flexibility index (Phi) is 6.38. The summed E-state index contributed by atoms with van der Waals surface area (Å²) in [6, 6.07) is 10.2. The Bertz CT molecular complexity index is 953. The van der Waals surface area contributed by atoms with Crippen molar-refractivity contribution in [1.82, 2.24) is 15.8 Å². The maximum absolute atomic E-state index is 12.6. The molecular formula is C19H24N4O3S2. The summed E-state index contributed by atoms with van der Waals surface area (Å²) in [5.74, 6) is -0.406. The maximum Gasteiger partial charge on any atom is 0.271 e. The van der Waals surface area contributed by atoms with Crippen LogP contribution >= 0.6 is 11.3 Å². The molecule has 0 bridgehead atoms. The molecule has 0 saturated heterocycles. The molecule has 7 nitrogen and oxygen atoms in total. The molecule has 0 saturated carbocycles. The van der Waals surface area contributed by atoms with Crippen molar-refractivity contribution in [3.8, 4) is 0 Å². The number of amides is 1. The Morgan fingerprint density at radius 3 is 2.61 bits per heavy atom. The van der Waals surface area contributed by atoms with Crippen LogP contribution in [0.4, 0.5) is 5.69 Å². The first kappa shape index (κ1) is 20.4. The van der Waals surface area contributed by atoms with Crippen molar-refractivity contribution in [3.63, 3.8) is 0 Å². The normalized spacial score (nSPS) is 15.2. The van der Waals surface area contributed by atoms with Gasteiger partial charge in [-0.05, 0) is 43.5 Å². The lowest BCUT2D eigenvalue weighted by Crippen LogP contribution is -2.42. The summed E-state index contributed by atoms with van der Waals surface area (Å²) >= 11 is 1.12. The molecule has 0 fully saturated rings. The van der Waals surface area contributed by atoms with E-state index in [0.717, 1.165) is 36.5 Å². The second-order valence-corrected chi connectivity index (χ2v) is 9.59. The number of nitrogens with one attached hydrogen (secondary N) is 3. The van der Waals surface area contributed by atoms with Gasteiger partial charge in [0.1, 0.15) is 4.21 Å². The summed E-state index contributed by atoms with van der Waals surface area (Å²) in [5.41, 5.74) is 7.05. The lowest BCUT2D eigenvalue weighted by molar-refractivity contribution is 0.0937. The number of hydrogen-bond acceptors (Lipinski definition) is 6. The van der Waals surface area contributed by atoms with Crippen LogP contribution in [-0.2, 0) is 10.0 Å². The zero-order valence-electron chi connectivity index (χ0n) is 15.8. The van der Waals surface area contributed by atoms with Crippen LogP contribution in [0.25, 0.3) is 0 Å². The van der Waals surface area contributed by atoms with Gasteiger partial charge in [0.25, 0.3) is 15.9 Å². The summed E-state index contributed by atoms with van der Waals surface area (Å²) in [6.45, 7) is 6.06. The molecule has 9 heteroatoms. The molecule has 0 aliphatic carbocycles. The maximum atomic E-state index is 12.6. The number of rotatable bonds is 7. The average Bonchev–Trinajstić information content (AvgIpc) is 3.22. The van der Waals surface area contributed by atoms with Crippen molar-refractivity contribution in [2.75, 3.05) is 17.8 Å². The fraction of sp³-hybridized carbons (Fsp3) is 0.316. The van der Waals surface area contributed by atoms with Crippen LogP contribution in [0.1, 0.15) is 30.6 Å². The van der Waals surface area contributed by atoms with Crippen LogP contribution in [0.15, 0.2) is 57.8 Å². The third-order valence-corrected chi connectivity index (χ3v) is 7.25. The highest BCUT2D eigenvalue weighted by atomic mass is 32.2. The minimum Gasteiger partial charge on any atom is -0.303 e. The number of hydrazine groups is 1. The number of carbonyl (C=O) groups excluding carboxylic acids is 1. The summed E-state index contributed by atoms with van der Waals surface area (Å²) in [7, 11) is -3.72. The van der Waals surface area contributed by atoms with Gasteiger partial charge in [0, 0.05) is 31.2 Å². The first-order chi connectivity index (χ1) is 13.4. The monoisotopic (exact) mass is 420 g/mol. The quantitative estimate of drug-likeness (QED) is 0.599. The lowest BCUT2D eigenvalue weighted by atomic mass is 10.1. The van der Waals surface area contributed by atoms with Crippen LogP contribution in [0, 0.1) is 0 Å². The van der Waals surface area contributed by atoms with E-state index < -0.39 is 15.9 Å². The Labute approximate surface area is 169 Å². The molecule has 0 radical (unpaired) electrons. The Hall–Kier alpha value is -2.36. The molecule has 2 aromatic rings. The molecule has 1 aliphatic rings. The molecule has 1 amide bonds. The number of benzene rings is 1. The van der Waals surface area contributed by atoms with E-state index in [2.05, 4.69) is 40.4 Å². The highest BCUT2D eigenvalue weighted by Gasteiger charge is 2.20. The fourth-order valence-electron chi connectivity index (χ4n) is 2.85. The van der Waals surface area contributed by atoms with Crippen molar-refractivity contribution in [2.45, 2.75) is 30.5 Å². The molecule has 1 aromatic carbocycles. The molecule has 1 aliphatic heterocycles.